The molecule has 0 aromatic heterocycles. The molecule has 5 heteroatoms. The number of aliphatic imine (C=N–C) groups is 1. The molecule has 0 aliphatic rings. The van der Waals surface area contributed by atoms with E-state index in [2.05, 4.69) is 18.8 Å². The Hall–Kier alpha value is -2.82. The number of nitrogens with zero attached hydrogens (tertiary/aromatic N) is 1. The minimum atomic E-state index is -0.427. The number of rotatable bonds is 18. The van der Waals surface area contributed by atoms with E-state index in [1.165, 1.54) is 76.3 Å². The molecule has 2 aromatic rings. The van der Waals surface area contributed by atoms with Gasteiger partial charge in [-0.1, -0.05) is 78.1 Å². The van der Waals surface area contributed by atoms with Crippen LogP contribution in [0.5, 0.6) is 17.2 Å². The summed E-state index contributed by atoms with van der Waals surface area (Å²) in [4.78, 5) is 16.0. The van der Waals surface area contributed by atoms with E-state index in [4.69, 9.17) is 9.47 Å². The fourth-order valence-corrected chi connectivity index (χ4v) is 3.75. The predicted octanol–water partition coefficient (Wildman–Crippen LogP) is 7.98. The summed E-state index contributed by atoms with van der Waals surface area (Å²) in [6, 6.07) is 11.7. The first-order chi connectivity index (χ1) is 17.1. The van der Waals surface area contributed by atoms with E-state index >= 15 is 0 Å². The van der Waals surface area contributed by atoms with Crippen LogP contribution >= 0.6 is 0 Å². The third-order valence-corrected chi connectivity index (χ3v) is 5.91. The van der Waals surface area contributed by atoms with Crippen LogP contribution in [0.15, 0.2) is 52.3 Å². The van der Waals surface area contributed by atoms with Gasteiger partial charge < -0.3 is 14.6 Å². The molecule has 0 saturated carbocycles. The third-order valence-electron chi connectivity index (χ3n) is 5.91. The van der Waals surface area contributed by atoms with Crippen LogP contribution in [0, 0.1) is 0 Å². The molecule has 2 rings (SSSR count). The maximum absolute atomic E-state index is 11.6. The van der Waals surface area contributed by atoms with Crippen molar-refractivity contribution in [2.75, 3.05) is 13.2 Å². The lowest BCUT2D eigenvalue weighted by atomic mass is 10.1. The average molecular weight is 482 g/mol. The summed E-state index contributed by atoms with van der Waals surface area (Å²) in [6.45, 7) is 5.82. The van der Waals surface area contributed by atoms with Crippen LogP contribution in [-0.4, -0.2) is 24.5 Å². The topological polar surface area (TPSA) is 68.1 Å². The maximum atomic E-state index is 11.6. The van der Waals surface area contributed by atoms with Gasteiger partial charge in [-0.2, -0.15) is 0 Å². The second kappa shape index (κ2) is 17.6. The SMILES string of the molecule is CCCCCCCCOc1ccc(C=Nc2ccc(O)c(=O)cc2)cc1OCCCCCCCC. The van der Waals surface area contributed by atoms with E-state index in [-0.39, 0.29) is 5.75 Å². The van der Waals surface area contributed by atoms with Crippen LogP contribution in [0.4, 0.5) is 5.69 Å². The Labute approximate surface area is 211 Å². The van der Waals surface area contributed by atoms with Gasteiger partial charge in [-0.3, -0.25) is 9.79 Å². The van der Waals surface area contributed by atoms with Crippen LogP contribution in [0.25, 0.3) is 0 Å². The quantitative estimate of drug-likeness (QED) is 0.173. The Bertz CT molecular complexity index is 942. The second-order valence-electron chi connectivity index (χ2n) is 9.04. The number of unbranched alkanes of at least 4 members (excludes halogenated alkanes) is 10. The fourth-order valence-electron chi connectivity index (χ4n) is 3.75. The monoisotopic (exact) mass is 481 g/mol. The fraction of sp³-hybridized carbons (Fsp3) is 0.533. The van der Waals surface area contributed by atoms with Crippen LogP contribution in [0.2, 0.25) is 0 Å². The van der Waals surface area contributed by atoms with Gasteiger partial charge in [0, 0.05) is 6.21 Å². The molecule has 0 aliphatic carbocycles. The van der Waals surface area contributed by atoms with Gasteiger partial charge in [-0.25, -0.2) is 0 Å². The highest BCUT2D eigenvalue weighted by Crippen LogP contribution is 2.29. The Balaban J connectivity index is 1.99. The Morgan fingerprint density at radius 3 is 1.94 bits per heavy atom. The average Bonchev–Trinajstić information content (AvgIpc) is 3.03. The number of hydrogen-bond acceptors (Lipinski definition) is 5. The lowest BCUT2D eigenvalue weighted by Gasteiger charge is -2.14. The van der Waals surface area contributed by atoms with E-state index < -0.39 is 5.43 Å². The highest BCUT2D eigenvalue weighted by atomic mass is 16.5. The molecule has 1 N–H and O–H groups in total. The van der Waals surface area contributed by atoms with E-state index in [1.54, 1.807) is 18.3 Å². The van der Waals surface area contributed by atoms with Gasteiger partial charge >= 0.3 is 0 Å². The normalized spacial score (nSPS) is 11.1. The maximum Gasteiger partial charge on any atom is 0.220 e. The van der Waals surface area contributed by atoms with E-state index in [0.29, 0.717) is 18.9 Å². The summed E-state index contributed by atoms with van der Waals surface area (Å²) < 4.78 is 12.2. The first-order valence-corrected chi connectivity index (χ1v) is 13.4. The molecule has 0 aliphatic heterocycles. The van der Waals surface area contributed by atoms with Crippen molar-refractivity contribution < 1.29 is 14.6 Å². The van der Waals surface area contributed by atoms with Crippen molar-refractivity contribution in [2.45, 2.75) is 90.9 Å². The van der Waals surface area contributed by atoms with Crippen LogP contribution in [0.3, 0.4) is 0 Å². The second-order valence-corrected chi connectivity index (χ2v) is 9.04. The summed E-state index contributed by atoms with van der Waals surface area (Å²) in [7, 11) is 0. The van der Waals surface area contributed by atoms with Gasteiger partial charge in [0.05, 0.1) is 18.9 Å². The smallest absolute Gasteiger partial charge is 0.220 e. The molecule has 0 heterocycles. The summed E-state index contributed by atoms with van der Waals surface area (Å²) in [5, 5.41) is 9.57. The molecule has 0 spiro atoms. The van der Waals surface area contributed by atoms with Gasteiger partial charge in [0.1, 0.15) is 0 Å². The molecule has 0 radical (unpaired) electrons. The van der Waals surface area contributed by atoms with Crippen molar-refractivity contribution in [3.63, 3.8) is 0 Å². The van der Waals surface area contributed by atoms with E-state index in [1.807, 2.05) is 18.2 Å². The Morgan fingerprint density at radius 1 is 0.714 bits per heavy atom. The molecular weight excluding hydrogens is 438 g/mol. The predicted molar refractivity (Wildman–Crippen MR) is 146 cm³/mol. The van der Waals surface area contributed by atoms with Crippen LogP contribution < -0.4 is 14.9 Å². The molecule has 0 atom stereocenters. The van der Waals surface area contributed by atoms with Crippen molar-refractivity contribution in [3.05, 3.63) is 58.3 Å². The number of hydrogen-bond donors (Lipinski definition) is 1. The van der Waals surface area contributed by atoms with E-state index in [9.17, 15) is 9.90 Å². The standard InChI is InChI=1S/C30H43NO4/c1-3-5-7-9-11-13-21-34-29-20-15-25(23-30(29)35-22-14-12-10-8-6-4-2)24-31-26-16-18-27(32)28(33)19-17-26/h15-20,23-24H,3-14,21-22H2,1-2H3,(H,32,33). The molecule has 5 nitrogen and oxygen atoms in total. The summed E-state index contributed by atoms with van der Waals surface area (Å²) >= 11 is 0. The molecule has 192 valence electrons. The molecular formula is C30H43NO4. The number of benzene rings is 1. The largest absolute Gasteiger partial charge is 0.504 e. The number of aromatic hydroxyl groups is 1. The Kier molecular flexibility index (Phi) is 14.3. The van der Waals surface area contributed by atoms with Crippen molar-refractivity contribution in [3.8, 4) is 17.2 Å². The van der Waals surface area contributed by atoms with Crippen molar-refractivity contribution >= 4 is 11.9 Å². The van der Waals surface area contributed by atoms with Gasteiger partial charge in [-0.15, -0.1) is 0 Å². The first-order valence-electron chi connectivity index (χ1n) is 13.4. The third kappa shape index (κ3) is 11.9. The molecule has 0 fully saturated rings. The molecule has 0 saturated heterocycles. The zero-order valence-electron chi connectivity index (χ0n) is 21.6. The minimum absolute atomic E-state index is 0.288. The van der Waals surface area contributed by atoms with Gasteiger partial charge in [0.15, 0.2) is 17.2 Å². The van der Waals surface area contributed by atoms with Gasteiger partial charge in [0.25, 0.3) is 0 Å². The summed E-state index contributed by atoms with van der Waals surface area (Å²) in [6.07, 6.45) is 16.4. The summed E-state index contributed by atoms with van der Waals surface area (Å²) in [5.74, 6) is 1.23. The lowest BCUT2D eigenvalue weighted by Crippen LogP contribution is -2.03. The van der Waals surface area contributed by atoms with Gasteiger partial charge in [-0.05, 0) is 60.9 Å². The molecule has 0 amide bonds. The summed E-state index contributed by atoms with van der Waals surface area (Å²) in [5.41, 5.74) is 1.04. The van der Waals surface area contributed by atoms with Crippen molar-refractivity contribution in [1.29, 1.82) is 0 Å². The minimum Gasteiger partial charge on any atom is -0.504 e. The van der Waals surface area contributed by atoms with Gasteiger partial charge in [0.2, 0.25) is 5.43 Å². The van der Waals surface area contributed by atoms with Crippen molar-refractivity contribution in [1.82, 2.24) is 0 Å². The molecule has 0 bridgehead atoms. The molecule has 0 unspecified atom stereocenters. The van der Waals surface area contributed by atoms with Crippen molar-refractivity contribution in [2.24, 2.45) is 4.99 Å². The number of ether oxygens (including phenoxy) is 2. The zero-order valence-corrected chi connectivity index (χ0v) is 21.6. The first kappa shape index (κ1) is 28.4. The van der Waals surface area contributed by atoms with E-state index in [0.717, 1.165) is 29.9 Å². The van der Waals surface area contributed by atoms with Crippen LogP contribution in [-0.2, 0) is 0 Å². The highest BCUT2D eigenvalue weighted by Gasteiger charge is 2.07. The zero-order chi connectivity index (χ0) is 25.1. The molecule has 35 heavy (non-hydrogen) atoms. The highest BCUT2D eigenvalue weighted by molar-refractivity contribution is 5.83. The van der Waals surface area contributed by atoms with Crippen LogP contribution in [0.1, 0.15) is 96.5 Å². The Morgan fingerprint density at radius 2 is 1.29 bits per heavy atom. The lowest BCUT2D eigenvalue weighted by molar-refractivity contribution is 0.258. The molecule has 2 aromatic carbocycles.